The van der Waals surface area contributed by atoms with Gasteiger partial charge >= 0.3 is 0 Å². The van der Waals surface area contributed by atoms with Crippen molar-refractivity contribution in [3.63, 3.8) is 0 Å². The zero-order valence-electron chi connectivity index (χ0n) is 16.6. The second-order valence-electron chi connectivity index (χ2n) is 7.04. The summed E-state index contributed by atoms with van der Waals surface area (Å²) in [7, 11) is 2.12. The number of ether oxygens (including phenoxy) is 1. The first-order chi connectivity index (χ1) is 14.1. The normalized spacial score (nSPS) is 15.7. The highest BCUT2D eigenvalue weighted by Crippen LogP contribution is 2.21. The van der Waals surface area contributed by atoms with Gasteiger partial charge in [-0.3, -0.25) is 4.79 Å². The standard InChI is InChI=1S/C20H24N6O2S/c1-4-10-25-19(27)15-13-21-20(29-3)23-18(15)26(25)16-6-5-7-17(22-16)28-14-8-11-24(2)12-9-14/h4-7,13-14H,1,8-12H2,2-3H3. The number of aromatic nitrogens is 5. The number of hydrogen-bond donors (Lipinski definition) is 0. The minimum atomic E-state index is -0.170. The van der Waals surface area contributed by atoms with E-state index in [-0.39, 0.29) is 11.7 Å². The maximum atomic E-state index is 12.9. The molecule has 8 nitrogen and oxygen atoms in total. The van der Waals surface area contributed by atoms with Crippen molar-refractivity contribution in [2.24, 2.45) is 0 Å². The molecule has 4 heterocycles. The molecule has 0 aliphatic carbocycles. The number of hydrogen-bond acceptors (Lipinski definition) is 7. The van der Waals surface area contributed by atoms with Crippen LogP contribution >= 0.6 is 11.8 Å². The molecule has 0 amide bonds. The van der Waals surface area contributed by atoms with Gasteiger partial charge in [0.25, 0.3) is 5.56 Å². The molecule has 9 heteroatoms. The van der Waals surface area contributed by atoms with E-state index in [0.717, 1.165) is 25.9 Å². The molecule has 0 unspecified atom stereocenters. The molecule has 0 spiro atoms. The highest BCUT2D eigenvalue weighted by Gasteiger charge is 2.20. The van der Waals surface area contributed by atoms with Crippen LogP contribution in [-0.2, 0) is 6.54 Å². The fourth-order valence-corrected chi connectivity index (χ4v) is 3.83. The van der Waals surface area contributed by atoms with E-state index >= 15 is 0 Å². The number of nitrogens with zero attached hydrogens (tertiary/aromatic N) is 6. The molecule has 4 rings (SSSR count). The second-order valence-corrected chi connectivity index (χ2v) is 7.81. The van der Waals surface area contributed by atoms with Crippen LogP contribution in [0.4, 0.5) is 0 Å². The van der Waals surface area contributed by atoms with Crippen molar-refractivity contribution in [1.82, 2.24) is 29.2 Å². The Hall–Kier alpha value is -2.65. The minimum absolute atomic E-state index is 0.149. The summed E-state index contributed by atoms with van der Waals surface area (Å²) in [6.07, 6.45) is 7.25. The average Bonchev–Trinajstić information content (AvgIpc) is 3.01. The van der Waals surface area contributed by atoms with E-state index in [2.05, 4.69) is 33.5 Å². The van der Waals surface area contributed by atoms with Gasteiger partial charge in [0, 0.05) is 25.4 Å². The summed E-state index contributed by atoms with van der Waals surface area (Å²) in [5.74, 6) is 1.13. The lowest BCUT2D eigenvalue weighted by Crippen LogP contribution is -2.35. The summed E-state index contributed by atoms with van der Waals surface area (Å²) in [4.78, 5) is 28.7. The van der Waals surface area contributed by atoms with Crippen LogP contribution in [0.2, 0.25) is 0 Å². The Labute approximate surface area is 173 Å². The van der Waals surface area contributed by atoms with Crippen LogP contribution < -0.4 is 10.3 Å². The highest BCUT2D eigenvalue weighted by atomic mass is 32.2. The number of rotatable bonds is 6. The van der Waals surface area contributed by atoms with Crippen LogP contribution in [0.3, 0.4) is 0 Å². The van der Waals surface area contributed by atoms with Gasteiger partial charge in [-0.1, -0.05) is 23.9 Å². The summed E-state index contributed by atoms with van der Waals surface area (Å²) >= 11 is 1.43. The Morgan fingerprint density at radius 3 is 2.83 bits per heavy atom. The number of pyridine rings is 1. The molecule has 0 saturated carbocycles. The molecule has 1 fully saturated rings. The first kappa shape index (κ1) is 19.7. The molecule has 0 bridgehead atoms. The molecule has 0 atom stereocenters. The van der Waals surface area contributed by atoms with Gasteiger partial charge in [-0.05, 0) is 32.2 Å². The lowest BCUT2D eigenvalue weighted by atomic mass is 10.1. The van der Waals surface area contributed by atoms with E-state index in [9.17, 15) is 4.79 Å². The molecule has 1 aliphatic heterocycles. The average molecular weight is 413 g/mol. The fourth-order valence-electron chi connectivity index (χ4n) is 3.49. The molecule has 1 aliphatic rings. The SMILES string of the molecule is C=CCn1c(=O)c2cnc(SC)nc2n1-c1cccc(OC2CCN(C)CC2)n1. The summed E-state index contributed by atoms with van der Waals surface area (Å²) in [6.45, 7) is 6.14. The molecular formula is C20H24N6O2S. The molecule has 152 valence electrons. The van der Waals surface area contributed by atoms with Gasteiger partial charge in [0.05, 0.1) is 6.54 Å². The molecule has 0 N–H and O–H groups in total. The molecule has 0 aromatic carbocycles. The lowest BCUT2D eigenvalue weighted by molar-refractivity contribution is 0.110. The number of likely N-dealkylation sites (tertiary alicyclic amines) is 1. The van der Waals surface area contributed by atoms with E-state index in [1.807, 2.05) is 24.5 Å². The zero-order chi connectivity index (χ0) is 20.4. The molecule has 3 aromatic heterocycles. The third-order valence-corrected chi connectivity index (χ3v) is 5.58. The Balaban J connectivity index is 1.76. The second kappa shape index (κ2) is 8.38. The van der Waals surface area contributed by atoms with Gasteiger partial charge in [-0.15, -0.1) is 6.58 Å². The topological polar surface area (TPSA) is 78.1 Å². The third-order valence-electron chi connectivity index (χ3n) is 5.02. The first-order valence-corrected chi connectivity index (χ1v) is 10.8. The monoisotopic (exact) mass is 412 g/mol. The number of fused-ring (bicyclic) bond motifs is 1. The Kier molecular flexibility index (Phi) is 5.68. The van der Waals surface area contributed by atoms with Crippen LogP contribution in [0.1, 0.15) is 12.8 Å². The van der Waals surface area contributed by atoms with Crippen molar-refractivity contribution in [2.45, 2.75) is 30.6 Å². The van der Waals surface area contributed by atoms with Crippen LogP contribution in [0.5, 0.6) is 5.88 Å². The van der Waals surface area contributed by atoms with Crippen molar-refractivity contribution in [2.75, 3.05) is 26.4 Å². The van der Waals surface area contributed by atoms with Crippen LogP contribution in [0.25, 0.3) is 16.9 Å². The van der Waals surface area contributed by atoms with Gasteiger partial charge in [0.1, 0.15) is 11.5 Å². The largest absolute Gasteiger partial charge is 0.474 e. The van der Waals surface area contributed by atoms with Crippen LogP contribution in [0.15, 0.2) is 47.0 Å². The maximum absolute atomic E-state index is 12.9. The Morgan fingerprint density at radius 1 is 1.31 bits per heavy atom. The Morgan fingerprint density at radius 2 is 2.10 bits per heavy atom. The van der Waals surface area contributed by atoms with Crippen LogP contribution in [-0.4, -0.2) is 61.7 Å². The first-order valence-electron chi connectivity index (χ1n) is 9.56. The quantitative estimate of drug-likeness (QED) is 0.349. The van der Waals surface area contributed by atoms with E-state index < -0.39 is 0 Å². The van der Waals surface area contributed by atoms with Crippen molar-refractivity contribution in [3.8, 4) is 11.7 Å². The van der Waals surface area contributed by atoms with E-state index in [0.29, 0.717) is 34.4 Å². The Bertz CT molecular complexity index is 1080. The van der Waals surface area contributed by atoms with Crippen molar-refractivity contribution >= 4 is 22.8 Å². The number of thioether (sulfide) groups is 1. The number of allylic oxidation sites excluding steroid dienone is 1. The fraction of sp³-hybridized carbons (Fsp3) is 0.400. The van der Waals surface area contributed by atoms with Gasteiger partial charge in [-0.25, -0.2) is 19.3 Å². The van der Waals surface area contributed by atoms with Crippen molar-refractivity contribution in [3.05, 3.63) is 47.4 Å². The van der Waals surface area contributed by atoms with Gasteiger partial charge in [0.2, 0.25) is 5.88 Å². The minimum Gasteiger partial charge on any atom is -0.474 e. The maximum Gasteiger partial charge on any atom is 0.278 e. The molecule has 29 heavy (non-hydrogen) atoms. The van der Waals surface area contributed by atoms with E-state index in [1.54, 1.807) is 21.6 Å². The molecule has 0 radical (unpaired) electrons. The van der Waals surface area contributed by atoms with Gasteiger partial charge in [0.15, 0.2) is 16.6 Å². The highest BCUT2D eigenvalue weighted by molar-refractivity contribution is 7.98. The van der Waals surface area contributed by atoms with Crippen molar-refractivity contribution < 1.29 is 4.74 Å². The molecular weight excluding hydrogens is 388 g/mol. The summed E-state index contributed by atoms with van der Waals surface area (Å²) < 4.78 is 9.43. The lowest BCUT2D eigenvalue weighted by Gasteiger charge is -2.29. The van der Waals surface area contributed by atoms with E-state index in [1.165, 1.54) is 11.8 Å². The molecule has 3 aromatic rings. The number of piperidine rings is 1. The molecule has 1 saturated heterocycles. The predicted molar refractivity (Wildman–Crippen MR) is 114 cm³/mol. The summed E-state index contributed by atoms with van der Waals surface area (Å²) in [5.41, 5.74) is 0.358. The third kappa shape index (κ3) is 3.92. The summed E-state index contributed by atoms with van der Waals surface area (Å²) in [5, 5.41) is 1.05. The smallest absolute Gasteiger partial charge is 0.278 e. The van der Waals surface area contributed by atoms with Crippen molar-refractivity contribution in [1.29, 1.82) is 0 Å². The predicted octanol–water partition coefficient (Wildman–Crippen LogP) is 2.36. The zero-order valence-corrected chi connectivity index (χ0v) is 17.4. The van der Waals surface area contributed by atoms with Gasteiger partial charge < -0.3 is 9.64 Å². The van der Waals surface area contributed by atoms with Crippen LogP contribution in [0, 0.1) is 0 Å². The summed E-state index contributed by atoms with van der Waals surface area (Å²) in [6, 6.07) is 5.59. The van der Waals surface area contributed by atoms with Gasteiger partial charge in [-0.2, -0.15) is 4.98 Å². The van der Waals surface area contributed by atoms with E-state index in [4.69, 9.17) is 4.74 Å².